The van der Waals surface area contributed by atoms with Gasteiger partial charge in [-0.2, -0.15) is 0 Å². The molecule has 1 N–H and O–H groups in total. The average Bonchev–Trinajstić information content (AvgIpc) is 2.48. The molecule has 0 aliphatic carbocycles. The van der Waals surface area contributed by atoms with Gasteiger partial charge >= 0.3 is 0 Å². The van der Waals surface area contributed by atoms with Crippen molar-refractivity contribution < 1.29 is 13.9 Å². The number of benzene rings is 2. The van der Waals surface area contributed by atoms with Crippen LogP contribution in [0.4, 0.5) is 10.1 Å². The minimum Gasteiger partial charge on any atom is -0.497 e. The van der Waals surface area contributed by atoms with Gasteiger partial charge < -0.3 is 10.1 Å². The monoisotopic (exact) mass is 305 g/mol. The third-order valence-corrected chi connectivity index (χ3v) is 3.77. The van der Waals surface area contributed by atoms with Gasteiger partial charge in [-0.1, -0.05) is 18.2 Å². The van der Waals surface area contributed by atoms with Crippen molar-refractivity contribution in [1.29, 1.82) is 0 Å². The number of hydrogen-bond acceptors (Lipinski definition) is 3. The lowest BCUT2D eigenvalue weighted by atomic mass is 10.2. The highest BCUT2D eigenvalue weighted by molar-refractivity contribution is 7.99. The number of hydrogen-bond donors (Lipinski definition) is 1. The Labute approximate surface area is 127 Å². The van der Waals surface area contributed by atoms with Crippen molar-refractivity contribution >= 4 is 23.4 Å². The summed E-state index contributed by atoms with van der Waals surface area (Å²) < 4.78 is 18.1. The molecule has 0 saturated heterocycles. The first-order chi connectivity index (χ1) is 10.2. The van der Waals surface area contributed by atoms with Crippen LogP contribution in [0.25, 0.3) is 0 Å². The molecule has 0 fully saturated rings. The first-order valence-corrected chi connectivity index (χ1v) is 7.59. The summed E-state index contributed by atoms with van der Waals surface area (Å²) in [6, 6.07) is 13.6. The first-order valence-electron chi connectivity index (χ1n) is 6.43. The van der Waals surface area contributed by atoms with Crippen LogP contribution >= 0.6 is 11.8 Å². The third kappa shape index (κ3) is 5.11. The Morgan fingerprint density at radius 1 is 1.24 bits per heavy atom. The second-order valence-corrected chi connectivity index (χ2v) is 5.38. The zero-order valence-corrected chi connectivity index (χ0v) is 12.5. The SMILES string of the molecule is COc1ccc(CSCC(=O)Nc2cccc(F)c2)cc1. The van der Waals surface area contributed by atoms with Gasteiger partial charge in [0.15, 0.2) is 0 Å². The topological polar surface area (TPSA) is 38.3 Å². The van der Waals surface area contributed by atoms with E-state index in [4.69, 9.17) is 4.74 Å². The van der Waals surface area contributed by atoms with Gasteiger partial charge in [0.25, 0.3) is 0 Å². The Morgan fingerprint density at radius 3 is 2.67 bits per heavy atom. The number of rotatable bonds is 6. The van der Waals surface area contributed by atoms with Crippen LogP contribution in [0.3, 0.4) is 0 Å². The fourth-order valence-electron chi connectivity index (χ4n) is 1.75. The molecule has 0 radical (unpaired) electrons. The van der Waals surface area contributed by atoms with Crippen molar-refractivity contribution in [2.45, 2.75) is 5.75 Å². The molecule has 1 amide bonds. The lowest BCUT2D eigenvalue weighted by molar-refractivity contribution is -0.113. The summed E-state index contributed by atoms with van der Waals surface area (Å²) >= 11 is 1.50. The first kappa shape index (κ1) is 15.4. The van der Waals surface area contributed by atoms with Gasteiger partial charge in [0, 0.05) is 11.4 Å². The maximum absolute atomic E-state index is 13.0. The number of methoxy groups -OCH3 is 1. The van der Waals surface area contributed by atoms with E-state index in [-0.39, 0.29) is 11.7 Å². The number of ether oxygens (including phenoxy) is 1. The molecule has 5 heteroatoms. The van der Waals surface area contributed by atoms with Crippen LogP contribution in [0.1, 0.15) is 5.56 Å². The van der Waals surface area contributed by atoms with Crippen molar-refractivity contribution in [2.24, 2.45) is 0 Å². The lowest BCUT2D eigenvalue weighted by Gasteiger charge is -2.06. The zero-order valence-electron chi connectivity index (χ0n) is 11.6. The lowest BCUT2D eigenvalue weighted by Crippen LogP contribution is -2.14. The predicted octanol–water partition coefficient (Wildman–Crippen LogP) is 3.71. The van der Waals surface area contributed by atoms with Crippen LogP contribution in [-0.4, -0.2) is 18.8 Å². The van der Waals surface area contributed by atoms with E-state index < -0.39 is 0 Å². The number of halogens is 1. The Balaban J connectivity index is 1.76. The summed E-state index contributed by atoms with van der Waals surface area (Å²) in [6.07, 6.45) is 0. The zero-order chi connectivity index (χ0) is 15.1. The van der Waals surface area contributed by atoms with Crippen LogP contribution in [0, 0.1) is 5.82 Å². The van der Waals surface area contributed by atoms with Crippen LogP contribution in [0.15, 0.2) is 48.5 Å². The van der Waals surface area contributed by atoms with Crippen molar-refractivity contribution in [3.63, 3.8) is 0 Å². The van der Waals surface area contributed by atoms with E-state index in [1.165, 1.54) is 23.9 Å². The van der Waals surface area contributed by atoms with Gasteiger partial charge in [-0.05, 0) is 35.9 Å². The van der Waals surface area contributed by atoms with Crippen molar-refractivity contribution in [2.75, 3.05) is 18.2 Å². The number of thioether (sulfide) groups is 1. The second-order valence-electron chi connectivity index (χ2n) is 4.40. The van der Waals surface area contributed by atoms with Crippen LogP contribution in [-0.2, 0) is 10.5 Å². The summed E-state index contributed by atoms with van der Waals surface area (Å²) in [5.41, 5.74) is 1.60. The van der Waals surface area contributed by atoms with Gasteiger partial charge in [0.1, 0.15) is 11.6 Å². The Hall–Kier alpha value is -2.01. The van der Waals surface area contributed by atoms with E-state index in [0.29, 0.717) is 11.4 Å². The molecule has 2 aromatic rings. The van der Waals surface area contributed by atoms with E-state index in [9.17, 15) is 9.18 Å². The molecule has 0 bridgehead atoms. The molecule has 21 heavy (non-hydrogen) atoms. The molecule has 2 aromatic carbocycles. The van der Waals surface area contributed by atoms with Gasteiger partial charge in [0.2, 0.25) is 5.91 Å². The normalized spacial score (nSPS) is 10.2. The van der Waals surface area contributed by atoms with E-state index in [1.54, 1.807) is 19.2 Å². The maximum Gasteiger partial charge on any atom is 0.234 e. The minimum atomic E-state index is -0.362. The van der Waals surface area contributed by atoms with Crippen molar-refractivity contribution in [1.82, 2.24) is 0 Å². The average molecular weight is 305 g/mol. The summed E-state index contributed by atoms with van der Waals surface area (Å²) in [6.45, 7) is 0. The number of nitrogens with one attached hydrogen (secondary N) is 1. The smallest absolute Gasteiger partial charge is 0.234 e. The van der Waals surface area contributed by atoms with Crippen LogP contribution in [0.2, 0.25) is 0 Å². The van der Waals surface area contributed by atoms with Crippen molar-refractivity contribution in [3.8, 4) is 5.75 Å². The summed E-state index contributed by atoms with van der Waals surface area (Å²) in [5, 5.41) is 2.67. The van der Waals surface area contributed by atoms with Crippen LogP contribution in [0.5, 0.6) is 5.75 Å². The largest absolute Gasteiger partial charge is 0.497 e. The van der Waals surface area contributed by atoms with Gasteiger partial charge in [-0.25, -0.2) is 4.39 Å². The summed E-state index contributed by atoms with van der Waals surface area (Å²) in [7, 11) is 1.63. The molecule has 0 aliphatic heterocycles. The molecule has 3 nitrogen and oxygen atoms in total. The predicted molar refractivity (Wildman–Crippen MR) is 84.2 cm³/mol. The second kappa shape index (κ2) is 7.69. The van der Waals surface area contributed by atoms with Crippen molar-refractivity contribution in [3.05, 3.63) is 59.9 Å². The molecule has 0 heterocycles. The number of carbonyl (C=O) groups excluding carboxylic acids is 1. The molecule has 0 saturated carbocycles. The van der Waals surface area contributed by atoms with Crippen LogP contribution < -0.4 is 10.1 Å². The van der Waals surface area contributed by atoms with E-state index >= 15 is 0 Å². The molecular weight excluding hydrogens is 289 g/mol. The van der Waals surface area contributed by atoms with Gasteiger partial charge in [-0.3, -0.25) is 4.79 Å². The molecule has 2 rings (SSSR count). The molecule has 0 atom stereocenters. The minimum absolute atomic E-state index is 0.140. The molecule has 0 aliphatic rings. The highest BCUT2D eigenvalue weighted by atomic mass is 32.2. The Kier molecular flexibility index (Phi) is 5.63. The molecular formula is C16H16FNO2S. The third-order valence-electron chi connectivity index (χ3n) is 2.77. The van der Waals surface area contributed by atoms with Gasteiger partial charge in [0.05, 0.1) is 12.9 Å². The Bertz CT molecular complexity index is 601. The summed E-state index contributed by atoms with van der Waals surface area (Å²) in [4.78, 5) is 11.7. The molecule has 0 unspecified atom stereocenters. The summed E-state index contributed by atoms with van der Waals surface area (Å²) in [5.74, 6) is 1.37. The standard InChI is InChI=1S/C16H16FNO2S/c1-20-15-7-5-12(6-8-15)10-21-11-16(19)18-14-4-2-3-13(17)9-14/h2-9H,10-11H2,1H3,(H,18,19). The molecule has 110 valence electrons. The molecule has 0 spiro atoms. The fraction of sp³-hybridized carbons (Fsp3) is 0.188. The highest BCUT2D eigenvalue weighted by Crippen LogP contribution is 2.17. The quantitative estimate of drug-likeness (QED) is 0.884. The number of anilines is 1. The number of carbonyl (C=O) groups is 1. The van der Waals surface area contributed by atoms with E-state index in [1.807, 2.05) is 24.3 Å². The highest BCUT2D eigenvalue weighted by Gasteiger charge is 2.04. The Morgan fingerprint density at radius 2 is 2.00 bits per heavy atom. The maximum atomic E-state index is 13.0. The molecule has 0 aromatic heterocycles. The van der Waals surface area contributed by atoms with E-state index in [0.717, 1.165) is 17.1 Å². The number of amides is 1. The van der Waals surface area contributed by atoms with Gasteiger partial charge in [-0.15, -0.1) is 11.8 Å². The fourth-order valence-corrected chi connectivity index (χ4v) is 2.53. The van der Waals surface area contributed by atoms with E-state index in [2.05, 4.69) is 5.32 Å².